The molecule has 0 radical (unpaired) electrons. The Morgan fingerprint density at radius 2 is 1.12 bits per heavy atom. The number of phenols is 2. The van der Waals surface area contributed by atoms with Crippen molar-refractivity contribution in [3.05, 3.63) is 95.1 Å². The molecule has 0 spiro atoms. The van der Waals surface area contributed by atoms with Crippen molar-refractivity contribution in [2.45, 2.75) is 0 Å². The molecule has 2 N–H and O–H groups in total. The van der Waals surface area contributed by atoms with Gasteiger partial charge in [-0.25, -0.2) is 0 Å². The second kappa shape index (κ2) is 10.1. The Hall–Kier alpha value is -4.32. The van der Waals surface area contributed by atoms with Gasteiger partial charge < -0.3 is 19.7 Å². The number of carbonyl (C=O) groups excluding carboxylic acids is 2. The monoisotopic (exact) mass is 430 g/mol. The van der Waals surface area contributed by atoms with Crippen LogP contribution in [0.15, 0.2) is 72.8 Å². The highest BCUT2D eigenvalue weighted by molar-refractivity contribution is 6.11. The van der Waals surface area contributed by atoms with Crippen LogP contribution in [0.4, 0.5) is 0 Å². The van der Waals surface area contributed by atoms with Gasteiger partial charge >= 0.3 is 0 Å². The molecule has 6 nitrogen and oxygen atoms in total. The van der Waals surface area contributed by atoms with Crippen LogP contribution in [0.5, 0.6) is 23.0 Å². The molecular formula is C26H22O6. The van der Waals surface area contributed by atoms with Gasteiger partial charge in [-0.05, 0) is 53.6 Å². The van der Waals surface area contributed by atoms with E-state index in [9.17, 15) is 19.8 Å². The first-order chi connectivity index (χ1) is 15.4. The van der Waals surface area contributed by atoms with Crippen LogP contribution in [-0.2, 0) is 0 Å². The Morgan fingerprint density at radius 3 is 1.50 bits per heavy atom. The van der Waals surface area contributed by atoms with E-state index in [0.29, 0.717) is 33.8 Å². The van der Waals surface area contributed by atoms with E-state index in [0.717, 1.165) is 0 Å². The van der Waals surface area contributed by atoms with Crippen molar-refractivity contribution in [2.24, 2.45) is 0 Å². The Kier molecular flexibility index (Phi) is 7.08. The molecule has 0 saturated heterocycles. The highest BCUT2D eigenvalue weighted by atomic mass is 16.5. The summed E-state index contributed by atoms with van der Waals surface area (Å²) in [6, 6.07) is 16.0. The molecule has 0 aliphatic carbocycles. The van der Waals surface area contributed by atoms with Crippen LogP contribution in [0, 0.1) is 0 Å². The Morgan fingerprint density at radius 1 is 0.688 bits per heavy atom. The molecule has 3 aromatic rings. The van der Waals surface area contributed by atoms with Gasteiger partial charge in [-0.1, -0.05) is 42.5 Å². The van der Waals surface area contributed by atoms with Crippen molar-refractivity contribution >= 4 is 23.7 Å². The zero-order valence-electron chi connectivity index (χ0n) is 17.6. The number of ether oxygens (including phenoxy) is 2. The summed E-state index contributed by atoms with van der Waals surface area (Å²) in [7, 11) is 2.91. The summed E-state index contributed by atoms with van der Waals surface area (Å²) in [4.78, 5) is 25.1. The second-order valence-electron chi connectivity index (χ2n) is 6.84. The first-order valence-corrected chi connectivity index (χ1v) is 9.70. The number of carbonyl (C=O) groups is 2. The molecule has 0 aromatic heterocycles. The van der Waals surface area contributed by atoms with E-state index in [2.05, 4.69) is 0 Å². The van der Waals surface area contributed by atoms with E-state index in [1.54, 1.807) is 54.6 Å². The van der Waals surface area contributed by atoms with Crippen molar-refractivity contribution in [1.29, 1.82) is 0 Å². The lowest BCUT2D eigenvalue weighted by Crippen LogP contribution is -1.99. The number of aromatic hydroxyl groups is 2. The maximum atomic E-state index is 12.5. The van der Waals surface area contributed by atoms with E-state index in [1.807, 2.05) is 0 Å². The maximum Gasteiger partial charge on any atom is 0.185 e. The van der Waals surface area contributed by atoms with Crippen LogP contribution >= 0.6 is 0 Å². The topological polar surface area (TPSA) is 93.1 Å². The average molecular weight is 430 g/mol. The maximum absolute atomic E-state index is 12.5. The first kappa shape index (κ1) is 22.4. The molecular weight excluding hydrogens is 408 g/mol. The van der Waals surface area contributed by atoms with Gasteiger partial charge in [-0.3, -0.25) is 9.59 Å². The Labute approximate surface area is 185 Å². The van der Waals surface area contributed by atoms with E-state index in [-0.39, 0.29) is 23.1 Å². The number of allylic oxidation sites excluding steroid dienone is 2. The van der Waals surface area contributed by atoms with Gasteiger partial charge in [-0.15, -0.1) is 0 Å². The van der Waals surface area contributed by atoms with E-state index in [4.69, 9.17) is 9.47 Å². The van der Waals surface area contributed by atoms with Crippen molar-refractivity contribution in [2.75, 3.05) is 14.2 Å². The van der Waals surface area contributed by atoms with Gasteiger partial charge in [0.2, 0.25) is 0 Å². The minimum absolute atomic E-state index is 0.0216. The predicted octanol–water partition coefficient (Wildman–Crippen LogP) is 4.91. The lowest BCUT2D eigenvalue weighted by molar-refractivity contribution is 0.104. The fraction of sp³-hybridized carbons (Fsp3) is 0.0769. The standard InChI is InChI=1S/C26H22O6/c1-31-25-12-8-17(14-23(25)29)6-10-21(27)19-4-3-5-20(16-19)22(28)11-7-18-9-13-26(32-2)24(30)15-18/h3-16,29-30H,1-2H3/b10-6-,11-7-. The molecule has 0 aliphatic rings. The van der Waals surface area contributed by atoms with Gasteiger partial charge in [0.15, 0.2) is 34.6 Å². The van der Waals surface area contributed by atoms with Gasteiger partial charge in [0.1, 0.15) is 0 Å². The molecule has 0 amide bonds. The highest BCUT2D eigenvalue weighted by Gasteiger charge is 2.08. The number of benzene rings is 3. The molecule has 162 valence electrons. The number of ketones is 2. The number of phenolic OH excluding ortho intramolecular Hbond substituents is 2. The summed E-state index contributed by atoms with van der Waals surface area (Å²) in [5.41, 5.74) is 1.99. The highest BCUT2D eigenvalue weighted by Crippen LogP contribution is 2.27. The molecule has 0 fully saturated rings. The minimum Gasteiger partial charge on any atom is -0.504 e. The zero-order chi connectivity index (χ0) is 23.1. The lowest BCUT2D eigenvalue weighted by Gasteiger charge is -2.04. The largest absolute Gasteiger partial charge is 0.504 e. The summed E-state index contributed by atoms with van der Waals surface area (Å²) in [6.45, 7) is 0. The normalized spacial score (nSPS) is 11.1. The van der Waals surface area contributed by atoms with Gasteiger partial charge in [-0.2, -0.15) is 0 Å². The predicted molar refractivity (Wildman–Crippen MR) is 122 cm³/mol. The molecule has 0 saturated carbocycles. The van der Waals surface area contributed by atoms with Crippen LogP contribution in [0.2, 0.25) is 0 Å². The number of rotatable bonds is 8. The molecule has 0 heterocycles. The van der Waals surface area contributed by atoms with Crippen molar-refractivity contribution in [1.82, 2.24) is 0 Å². The third-order valence-corrected chi connectivity index (χ3v) is 4.69. The number of hydrogen-bond acceptors (Lipinski definition) is 6. The van der Waals surface area contributed by atoms with Gasteiger partial charge in [0.05, 0.1) is 14.2 Å². The van der Waals surface area contributed by atoms with Crippen LogP contribution in [0.3, 0.4) is 0 Å². The number of hydrogen-bond donors (Lipinski definition) is 2. The number of methoxy groups -OCH3 is 2. The molecule has 32 heavy (non-hydrogen) atoms. The molecule has 0 aliphatic heterocycles. The van der Waals surface area contributed by atoms with Crippen LogP contribution in [0.25, 0.3) is 12.2 Å². The van der Waals surface area contributed by atoms with E-state index >= 15 is 0 Å². The van der Waals surface area contributed by atoms with Crippen LogP contribution in [0.1, 0.15) is 31.8 Å². The van der Waals surface area contributed by atoms with Gasteiger partial charge in [0, 0.05) is 11.1 Å². The van der Waals surface area contributed by atoms with Crippen LogP contribution in [-0.4, -0.2) is 36.0 Å². The van der Waals surface area contributed by atoms with E-state index in [1.165, 1.54) is 44.6 Å². The summed E-state index contributed by atoms with van der Waals surface area (Å²) >= 11 is 0. The zero-order valence-corrected chi connectivity index (χ0v) is 17.6. The molecule has 6 heteroatoms. The first-order valence-electron chi connectivity index (χ1n) is 9.70. The Bertz CT molecular complexity index is 1120. The quantitative estimate of drug-likeness (QED) is 0.390. The fourth-order valence-electron chi connectivity index (χ4n) is 2.98. The molecule has 0 unspecified atom stereocenters. The third kappa shape index (κ3) is 5.43. The van der Waals surface area contributed by atoms with Crippen molar-refractivity contribution in [3.8, 4) is 23.0 Å². The third-order valence-electron chi connectivity index (χ3n) is 4.69. The Balaban J connectivity index is 1.72. The molecule has 0 atom stereocenters. The SMILES string of the molecule is COc1ccc(/C=C\C(=O)c2cccc(C(=O)/C=C\c3ccc(OC)c(O)c3)c2)cc1O. The van der Waals surface area contributed by atoms with Crippen LogP contribution < -0.4 is 9.47 Å². The molecule has 3 aromatic carbocycles. The van der Waals surface area contributed by atoms with Crippen molar-refractivity contribution < 1.29 is 29.3 Å². The fourth-order valence-corrected chi connectivity index (χ4v) is 2.98. The minimum atomic E-state index is -0.279. The summed E-state index contributed by atoms with van der Waals surface area (Å²) in [5.74, 6) is 0.0894. The summed E-state index contributed by atoms with van der Waals surface area (Å²) < 4.78 is 10.00. The second-order valence-corrected chi connectivity index (χ2v) is 6.84. The average Bonchev–Trinajstić information content (AvgIpc) is 2.81. The molecule has 3 rings (SSSR count). The molecule has 0 bridgehead atoms. The van der Waals surface area contributed by atoms with Crippen molar-refractivity contribution in [3.63, 3.8) is 0 Å². The summed E-state index contributed by atoms with van der Waals surface area (Å²) in [5, 5.41) is 19.7. The van der Waals surface area contributed by atoms with Gasteiger partial charge in [0.25, 0.3) is 0 Å². The van der Waals surface area contributed by atoms with E-state index < -0.39 is 0 Å². The lowest BCUT2D eigenvalue weighted by atomic mass is 10.0. The smallest absolute Gasteiger partial charge is 0.185 e. The summed E-state index contributed by atoms with van der Waals surface area (Å²) in [6.07, 6.45) is 5.90.